The molecule has 9 atom stereocenters. The van der Waals surface area contributed by atoms with Crippen LogP contribution in [0, 0.1) is 50.7 Å². The highest BCUT2D eigenvalue weighted by Gasteiger charge is 2.82. The number of aliphatic hydroxyl groups excluding tert-OH is 1. The molecule has 0 heterocycles. The lowest BCUT2D eigenvalue weighted by Gasteiger charge is -2.63. The summed E-state index contributed by atoms with van der Waals surface area (Å²) in [5, 5.41) is 10.8. The van der Waals surface area contributed by atoms with E-state index in [2.05, 4.69) is 54.5 Å². The fourth-order valence-electron chi connectivity index (χ4n) is 11.1. The van der Waals surface area contributed by atoms with Gasteiger partial charge in [-0.15, -0.1) is 0 Å². The summed E-state index contributed by atoms with van der Waals surface area (Å²) in [5.74, 6) is 3.46. The molecule has 0 aliphatic heterocycles. The molecule has 5 rings (SSSR count). The molecule has 176 valence electrons. The van der Waals surface area contributed by atoms with Crippen molar-refractivity contribution in [1.29, 1.82) is 0 Å². The van der Waals surface area contributed by atoms with Crippen LogP contribution in [0.15, 0.2) is 11.6 Å². The number of fused-ring (bicyclic) bond motifs is 2. The lowest BCUT2D eigenvalue weighted by atomic mass is 9.41. The van der Waals surface area contributed by atoms with Gasteiger partial charge in [0.15, 0.2) is 0 Å². The molecule has 1 nitrogen and oxygen atoms in total. The monoisotopic (exact) mass is 426 g/mol. The first kappa shape index (κ1) is 22.5. The molecule has 0 bridgehead atoms. The van der Waals surface area contributed by atoms with Gasteiger partial charge in [0.05, 0.1) is 6.10 Å². The van der Waals surface area contributed by atoms with E-state index in [0.29, 0.717) is 21.7 Å². The van der Waals surface area contributed by atoms with Crippen molar-refractivity contribution in [3.63, 3.8) is 0 Å². The summed E-state index contributed by atoms with van der Waals surface area (Å²) in [6.07, 6.45) is 17.6. The van der Waals surface area contributed by atoms with Gasteiger partial charge in [-0.2, -0.15) is 0 Å². The minimum Gasteiger partial charge on any atom is -0.393 e. The summed E-state index contributed by atoms with van der Waals surface area (Å²) >= 11 is 0. The van der Waals surface area contributed by atoms with Crippen LogP contribution in [0.1, 0.15) is 119 Å². The summed E-state index contributed by atoms with van der Waals surface area (Å²) < 4.78 is 0. The third-order valence-corrected chi connectivity index (χ3v) is 13.0. The van der Waals surface area contributed by atoms with E-state index in [0.717, 1.165) is 30.1 Å². The van der Waals surface area contributed by atoms with Gasteiger partial charge in [0, 0.05) is 0 Å². The Balaban J connectivity index is 1.41. The van der Waals surface area contributed by atoms with Crippen molar-refractivity contribution in [2.45, 2.75) is 125 Å². The van der Waals surface area contributed by atoms with Crippen molar-refractivity contribution >= 4 is 0 Å². The Labute approximate surface area is 192 Å². The summed E-state index contributed by atoms with van der Waals surface area (Å²) in [7, 11) is 0. The summed E-state index contributed by atoms with van der Waals surface area (Å²) in [5.41, 5.74) is 3.87. The zero-order chi connectivity index (χ0) is 22.4. The van der Waals surface area contributed by atoms with Gasteiger partial charge in [0.25, 0.3) is 0 Å². The van der Waals surface area contributed by atoms with Crippen LogP contribution in [-0.4, -0.2) is 11.2 Å². The second kappa shape index (κ2) is 6.86. The number of aliphatic hydroxyl groups is 1. The Morgan fingerprint density at radius 1 is 0.871 bits per heavy atom. The molecular formula is C30H50O. The quantitative estimate of drug-likeness (QED) is 0.449. The predicted octanol–water partition coefficient (Wildman–Crippen LogP) is 8.17. The Morgan fingerprint density at radius 3 is 2.26 bits per heavy atom. The van der Waals surface area contributed by atoms with Crippen LogP contribution >= 0.6 is 0 Å². The average Bonchev–Trinajstić information content (AvgIpc) is 3.27. The molecule has 31 heavy (non-hydrogen) atoms. The summed E-state index contributed by atoms with van der Waals surface area (Å²) in [4.78, 5) is 0. The second-order valence-corrected chi connectivity index (χ2v) is 14.4. The summed E-state index contributed by atoms with van der Waals surface area (Å²) in [6.45, 7) is 17.3. The van der Waals surface area contributed by atoms with E-state index in [-0.39, 0.29) is 11.5 Å². The SMILES string of the molecule is CC(C)=CCC[C@@H](C)[C@H]1CC[C@@]2(C)[C@@H]3CC[C@@H]4C(C)(C)[C@H](O)CC[C@@]45C[C@@]35CC[C@]12C. The molecule has 0 unspecified atom stereocenters. The molecule has 2 spiro atoms. The first-order valence-electron chi connectivity index (χ1n) is 13.8. The first-order chi connectivity index (χ1) is 14.4. The Bertz CT molecular complexity index is 760. The van der Waals surface area contributed by atoms with E-state index in [9.17, 15) is 5.11 Å². The van der Waals surface area contributed by atoms with Gasteiger partial charge in [-0.05, 0) is 135 Å². The minimum absolute atomic E-state index is 0.0840. The standard InChI is InChI=1S/C30H50O/c1-20(2)9-8-10-21(3)22-13-15-28(7)24-12-11-23-26(4,5)25(31)14-16-29(23)19-30(24,29)18-17-27(22,28)6/h9,21-25,31H,8,10-19H2,1-7H3/t21-,22-,23-,24+,25-,27-,28+,29-,30+/m1/s1. The van der Waals surface area contributed by atoms with E-state index >= 15 is 0 Å². The molecule has 1 heteroatoms. The molecule has 5 aliphatic carbocycles. The van der Waals surface area contributed by atoms with Crippen molar-refractivity contribution in [2.24, 2.45) is 50.7 Å². The number of rotatable bonds is 4. The number of hydrogen-bond acceptors (Lipinski definition) is 1. The summed E-state index contributed by atoms with van der Waals surface area (Å²) in [6, 6.07) is 0. The maximum atomic E-state index is 10.8. The average molecular weight is 427 g/mol. The highest BCUT2D eigenvalue weighted by atomic mass is 16.3. The van der Waals surface area contributed by atoms with Crippen molar-refractivity contribution in [1.82, 2.24) is 0 Å². The van der Waals surface area contributed by atoms with E-state index < -0.39 is 0 Å². The van der Waals surface area contributed by atoms with Crippen LogP contribution in [0.3, 0.4) is 0 Å². The third-order valence-electron chi connectivity index (χ3n) is 13.0. The fourth-order valence-corrected chi connectivity index (χ4v) is 11.1. The molecule has 0 aromatic rings. The Hall–Kier alpha value is -0.300. The van der Waals surface area contributed by atoms with Crippen LogP contribution < -0.4 is 0 Å². The maximum absolute atomic E-state index is 10.8. The lowest BCUT2D eigenvalue weighted by molar-refractivity contribution is -0.161. The molecule has 0 amide bonds. The van der Waals surface area contributed by atoms with E-state index in [1.165, 1.54) is 69.8 Å². The van der Waals surface area contributed by atoms with Crippen LogP contribution in [0.25, 0.3) is 0 Å². The molecule has 5 aliphatic rings. The minimum atomic E-state index is -0.0840. The highest BCUT2D eigenvalue weighted by molar-refractivity contribution is 5.30. The Kier molecular flexibility index (Phi) is 4.98. The topological polar surface area (TPSA) is 20.2 Å². The van der Waals surface area contributed by atoms with Gasteiger partial charge in [-0.1, -0.05) is 46.3 Å². The van der Waals surface area contributed by atoms with E-state index in [1.807, 2.05) is 0 Å². The molecule has 5 fully saturated rings. The zero-order valence-electron chi connectivity index (χ0n) is 21.7. The van der Waals surface area contributed by atoms with Crippen LogP contribution in [0.4, 0.5) is 0 Å². The van der Waals surface area contributed by atoms with Crippen LogP contribution in [0.2, 0.25) is 0 Å². The van der Waals surface area contributed by atoms with Gasteiger partial charge in [-0.3, -0.25) is 0 Å². The molecule has 0 saturated heterocycles. The molecule has 0 radical (unpaired) electrons. The lowest BCUT2D eigenvalue weighted by Crippen LogP contribution is -2.57. The normalized spacial score (nSPS) is 52.9. The zero-order valence-corrected chi connectivity index (χ0v) is 21.7. The molecule has 1 N–H and O–H groups in total. The van der Waals surface area contributed by atoms with Crippen LogP contribution in [0.5, 0.6) is 0 Å². The fraction of sp³-hybridized carbons (Fsp3) is 0.933. The maximum Gasteiger partial charge on any atom is 0.0594 e. The van der Waals surface area contributed by atoms with Crippen LogP contribution in [-0.2, 0) is 0 Å². The second-order valence-electron chi connectivity index (χ2n) is 14.4. The molecular weight excluding hydrogens is 376 g/mol. The van der Waals surface area contributed by atoms with Crippen molar-refractivity contribution < 1.29 is 5.11 Å². The smallest absolute Gasteiger partial charge is 0.0594 e. The van der Waals surface area contributed by atoms with Gasteiger partial charge in [-0.25, -0.2) is 0 Å². The van der Waals surface area contributed by atoms with Gasteiger partial charge >= 0.3 is 0 Å². The van der Waals surface area contributed by atoms with Crippen molar-refractivity contribution in [3.05, 3.63) is 11.6 Å². The van der Waals surface area contributed by atoms with E-state index in [1.54, 1.807) is 0 Å². The van der Waals surface area contributed by atoms with E-state index in [4.69, 9.17) is 0 Å². The highest BCUT2D eigenvalue weighted by Crippen LogP contribution is 2.89. The van der Waals surface area contributed by atoms with Crippen molar-refractivity contribution in [3.8, 4) is 0 Å². The predicted molar refractivity (Wildman–Crippen MR) is 131 cm³/mol. The molecule has 0 aromatic carbocycles. The van der Waals surface area contributed by atoms with Gasteiger partial charge in [0.1, 0.15) is 0 Å². The molecule has 5 saturated carbocycles. The largest absolute Gasteiger partial charge is 0.393 e. The van der Waals surface area contributed by atoms with Crippen molar-refractivity contribution in [2.75, 3.05) is 0 Å². The molecule has 0 aromatic heterocycles. The number of allylic oxidation sites excluding steroid dienone is 2. The number of hydrogen-bond donors (Lipinski definition) is 1. The first-order valence-corrected chi connectivity index (χ1v) is 13.8. The third kappa shape index (κ3) is 2.71. The van der Waals surface area contributed by atoms with Gasteiger partial charge in [0.2, 0.25) is 0 Å². The Morgan fingerprint density at radius 2 is 1.55 bits per heavy atom. The van der Waals surface area contributed by atoms with Gasteiger partial charge < -0.3 is 5.11 Å².